The van der Waals surface area contributed by atoms with Crippen LogP contribution in [0.5, 0.6) is 0 Å². The molecule has 0 spiro atoms. The third-order valence-electron chi connectivity index (χ3n) is 6.44. The number of nitrogens with zero attached hydrogens (tertiary/aromatic N) is 3. The van der Waals surface area contributed by atoms with E-state index in [1.807, 2.05) is 13.1 Å². The zero-order chi connectivity index (χ0) is 26.5. The van der Waals surface area contributed by atoms with E-state index in [1.165, 1.54) is 16.3 Å². The fraction of sp³-hybridized carbons (Fsp3) is 0.560. The molecule has 2 N–H and O–H groups in total. The summed E-state index contributed by atoms with van der Waals surface area (Å²) in [6.07, 6.45) is -4.70. The lowest BCUT2D eigenvalue weighted by atomic mass is 9.95. The van der Waals surface area contributed by atoms with E-state index in [1.54, 1.807) is 35.4 Å². The van der Waals surface area contributed by atoms with Crippen molar-refractivity contribution in [3.8, 4) is 0 Å². The van der Waals surface area contributed by atoms with Gasteiger partial charge in [0.1, 0.15) is 0 Å². The van der Waals surface area contributed by atoms with Crippen molar-refractivity contribution in [2.75, 3.05) is 51.2 Å². The van der Waals surface area contributed by atoms with Crippen LogP contribution in [0.1, 0.15) is 26.3 Å². The van der Waals surface area contributed by atoms with Crippen LogP contribution in [0.25, 0.3) is 0 Å². The Morgan fingerprint density at radius 2 is 1.72 bits per heavy atom. The molecule has 200 valence electrons. The molecule has 0 bridgehead atoms. The van der Waals surface area contributed by atoms with Crippen LogP contribution in [-0.2, 0) is 10.4 Å². The molecule has 2 unspecified atom stereocenters. The summed E-state index contributed by atoms with van der Waals surface area (Å²) < 4.78 is 42.3. The summed E-state index contributed by atoms with van der Waals surface area (Å²) >= 11 is 3.46. The molecule has 0 saturated carbocycles. The summed E-state index contributed by atoms with van der Waals surface area (Å²) in [6, 6.07) is 10.2. The monoisotopic (exact) mass is 544 g/mol. The normalized spacial score (nSPS) is 21.5. The van der Waals surface area contributed by atoms with Gasteiger partial charge in [-0.05, 0) is 61.0 Å². The Kier molecular flexibility index (Phi) is 9.73. The van der Waals surface area contributed by atoms with E-state index in [0.29, 0.717) is 5.92 Å². The minimum absolute atomic E-state index is 0.0729. The Morgan fingerprint density at radius 3 is 2.19 bits per heavy atom. The largest absolute Gasteiger partial charge is 0.421 e. The highest BCUT2D eigenvalue weighted by Gasteiger charge is 2.51. The second kappa shape index (κ2) is 12.2. The molecule has 2 atom stereocenters. The van der Waals surface area contributed by atoms with Crippen molar-refractivity contribution in [1.29, 1.82) is 0 Å². The molecule has 4 rings (SSSR count). The van der Waals surface area contributed by atoms with E-state index in [-0.39, 0.29) is 17.5 Å². The van der Waals surface area contributed by atoms with E-state index < -0.39 is 11.8 Å². The average molecular weight is 545 g/mol. The summed E-state index contributed by atoms with van der Waals surface area (Å²) in [5.41, 5.74) is -2.10. The number of amides is 1. The fourth-order valence-corrected chi connectivity index (χ4v) is 6.09. The van der Waals surface area contributed by atoms with E-state index in [9.17, 15) is 23.1 Å². The molecule has 1 aromatic heterocycles. The molecule has 36 heavy (non-hydrogen) atoms. The number of carbonyl (C=O) groups excluding carboxylic acids is 1. The van der Waals surface area contributed by atoms with Crippen LogP contribution in [0.3, 0.4) is 0 Å². The molecular weight excluding hydrogens is 509 g/mol. The van der Waals surface area contributed by atoms with Crippen molar-refractivity contribution in [2.24, 2.45) is 5.92 Å². The standard InChI is InChI=1S/C17H19F3N2OS2.C8H16N2O/c1-16(23,17(18,19)20)13-4-6-14(7-5-13)21-8-10-22(11-9-21)25-15-3-2-12-24-15;1-6(2)7-8(11)9-4-5-10(7)3/h2-7,12,23H,8-11H2,1H3;6-7H,4-5H2,1-3H3,(H,9,11). The molecular formula is C25H35F3N4O2S2. The summed E-state index contributed by atoms with van der Waals surface area (Å²) in [4.78, 5) is 15.6. The van der Waals surface area contributed by atoms with Gasteiger partial charge in [-0.1, -0.05) is 32.0 Å². The van der Waals surface area contributed by atoms with Crippen LogP contribution in [-0.4, -0.2) is 78.8 Å². The molecule has 2 aliphatic heterocycles. The summed E-state index contributed by atoms with van der Waals surface area (Å²) in [5, 5.41) is 14.6. The number of benzene rings is 1. The second-order valence-corrected chi connectivity index (χ2v) is 11.9. The minimum Gasteiger partial charge on any atom is -0.376 e. The quantitative estimate of drug-likeness (QED) is 0.544. The van der Waals surface area contributed by atoms with E-state index in [4.69, 9.17) is 0 Å². The van der Waals surface area contributed by atoms with Crippen LogP contribution in [0.4, 0.5) is 18.9 Å². The van der Waals surface area contributed by atoms with Crippen molar-refractivity contribution in [2.45, 2.75) is 42.8 Å². The highest BCUT2D eigenvalue weighted by Crippen LogP contribution is 2.39. The first-order chi connectivity index (χ1) is 16.9. The zero-order valence-electron chi connectivity index (χ0n) is 21.1. The third kappa shape index (κ3) is 7.16. The van der Waals surface area contributed by atoms with Crippen molar-refractivity contribution in [3.63, 3.8) is 0 Å². The molecule has 3 heterocycles. The predicted octanol–water partition coefficient (Wildman–Crippen LogP) is 4.42. The SMILES string of the molecule is CC(C)C1C(=O)NCCN1C.CC(O)(c1ccc(N2CCN(Sc3cccs3)CC2)cc1)C(F)(F)F. The number of thiophene rings is 1. The van der Waals surface area contributed by atoms with Crippen LogP contribution in [0.2, 0.25) is 0 Å². The molecule has 2 saturated heterocycles. The molecule has 2 aromatic rings. The van der Waals surface area contributed by atoms with Crippen LogP contribution >= 0.6 is 23.3 Å². The maximum atomic E-state index is 12.9. The Balaban J connectivity index is 0.000000275. The van der Waals surface area contributed by atoms with E-state index >= 15 is 0 Å². The topological polar surface area (TPSA) is 59.1 Å². The van der Waals surface area contributed by atoms with Crippen molar-refractivity contribution in [3.05, 3.63) is 47.3 Å². The van der Waals surface area contributed by atoms with Gasteiger partial charge in [-0.2, -0.15) is 13.2 Å². The van der Waals surface area contributed by atoms with Gasteiger partial charge in [0.2, 0.25) is 5.91 Å². The number of likely N-dealkylation sites (N-methyl/N-ethyl adjacent to an activating group) is 1. The maximum Gasteiger partial charge on any atom is 0.421 e. The molecule has 0 radical (unpaired) electrons. The number of carbonyl (C=O) groups is 1. The van der Waals surface area contributed by atoms with Crippen LogP contribution < -0.4 is 10.2 Å². The first-order valence-corrected chi connectivity index (χ1v) is 13.6. The van der Waals surface area contributed by atoms with Crippen molar-refractivity contribution < 1.29 is 23.1 Å². The van der Waals surface area contributed by atoms with Crippen molar-refractivity contribution in [1.82, 2.24) is 14.5 Å². The minimum atomic E-state index is -4.70. The number of halogens is 3. The summed E-state index contributed by atoms with van der Waals surface area (Å²) in [7, 11) is 2.00. The van der Waals surface area contributed by atoms with Gasteiger partial charge in [0.15, 0.2) is 5.60 Å². The number of hydrogen-bond acceptors (Lipinski definition) is 7. The molecule has 1 amide bonds. The van der Waals surface area contributed by atoms with Gasteiger partial charge in [-0.15, -0.1) is 11.3 Å². The number of aliphatic hydroxyl groups is 1. The number of nitrogens with one attached hydrogen (secondary N) is 1. The first-order valence-electron chi connectivity index (χ1n) is 12.0. The molecule has 2 aliphatic rings. The second-order valence-electron chi connectivity index (χ2n) is 9.52. The van der Waals surface area contributed by atoms with Gasteiger partial charge < -0.3 is 15.3 Å². The molecule has 6 nitrogen and oxygen atoms in total. The molecule has 2 fully saturated rings. The molecule has 1 aromatic carbocycles. The van der Waals surface area contributed by atoms with Crippen LogP contribution in [0.15, 0.2) is 46.0 Å². The number of rotatable bonds is 5. The fourth-order valence-electron chi connectivity index (χ4n) is 4.25. The first kappa shape index (κ1) is 28.8. The lowest BCUT2D eigenvalue weighted by Gasteiger charge is -2.35. The average Bonchev–Trinajstić information content (AvgIpc) is 3.32. The van der Waals surface area contributed by atoms with Gasteiger partial charge in [0.05, 0.1) is 10.3 Å². The number of alkyl halides is 3. The third-order valence-corrected chi connectivity index (χ3v) is 8.55. The van der Waals surface area contributed by atoms with E-state index in [0.717, 1.165) is 51.9 Å². The Bertz CT molecular complexity index is 961. The van der Waals surface area contributed by atoms with Crippen molar-refractivity contribution >= 4 is 34.9 Å². The van der Waals surface area contributed by atoms with Gasteiger partial charge in [-0.3, -0.25) is 9.69 Å². The smallest absolute Gasteiger partial charge is 0.376 e. The lowest BCUT2D eigenvalue weighted by Crippen LogP contribution is -2.55. The molecule has 0 aliphatic carbocycles. The number of hydrogen-bond donors (Lipinski definition) is 2. The number of piperazine rings is 2. The maximum absolute atomic E-state index is 12.9. The Morgan fingerprint density at radius 1 is 1.08 bits per heavy atom. The van der Waals surface area contributed by atoms with Gasteiger partial charge in [0, 0.05) is 45.0 Å². The van der Waals surface area contributed by atoms with Crippen LogP contribution in [0, 0.1) is 5.92 Å². The lowest BCUT2D eigenvalue weighted by molar-refractivity contribution is -0.258. The highest BCUT2D eigenvalue weighted by molar-refractivity contribution is 7.98. The Labute approximate surface area is 219 Å². The number of anilines is 1. The van der Waals surface area contributed by atoms with Gasteiger partial charge in [-0.25, -0.2) is 4.31 Å². The van der Waals surface area contributed by atoms with Gasteiger partial charge >= 0.3 is 6.18 Å². The summed E-state index contributed by atoms with van der Waals surface area (Å²) in [5.74, 6) is 0.578. The summed E-state index contributed by atoms with van der Waals surface area (Å²) in [6.45, 7) is 10.1. The molecule has 11 heteroatoms. The van der Waals surface area contributed by atoms with Gasteiger partial charge in [0.25, 0.3) is 0 Å². The Hall–Kier alpha value is -1.79. The van der Waals surface area contributed by atoms with E-state index in [2.05, 4.69) is 44.7 Å². The highest BCUT2D eigenvalue weighted by atomic mass is 32.2. The zero-order valence-corrected chi connectivity index (χ0v) is 22.7. The predicted molar refractivity (Wildman–Crippen MR) is 140 cm³/mol.